The lowest BCUT2D eigenvalue weighted by Gasteiger charge is -1.91. The summed E-state index contributed by atoms with van der Waals surface area (Å²) in [5.74, 6) is 0. The quantitative estimate of drug-likeness (QED) is 0.571. The van der Waals surface area contributed by atoms with Crippen LogP contribution in [0.4, 0.5) is 0 Å². The average molecular weight is 209 g/mol. The van der Waals surface area contributed by atoms with E-state index in [1.54, 1.807) is 18.5 Å². The normalized spacial score (nSPS) is 9.25. The molecule has 2 aromatic heterocycles. The summed E-state index contributed by atoms with van der Waals surface area (Å²) in [5, 5.41) is 2.45. The first-order valence-electron chi connectivity index (χ1n) is 4.95. The van der Waals surface area contributed by atoms with Gasteiger partial charge in [-0.3, -0.25) is 4.98 Å². The molecule has 3 heteroatoms. The number of benzene rings is 1. The van der Waals surface area contributed by atoms with Crippen molar-refractivity contribution in [1.82, 2.24) is 15.0 Å². The summed E-state index contributed by atoms with van der Waals surface area (Å²) in [7, 11) is 0. The fourth-order valence-corrected chi connectivity index (χ4v) is 1.28. The molecule has 0 amide bonds. The number of aromatic nitrogens is 3. The van der Waals surface area contributed by atoms with E-state index in [1.165, 1.54) is 17.1 Å². The Morgan fingerprint density at radius 3 is 1.94 bits per heavy atom. The van der Waals surface area contributed by atoms with Crippen molar-refractivity contribution in [2.45, 2.75) is 0 Å². The third kappa shape index (κ3) is 2.85. The standard InChI is InChI=1S/C9H7N.C4H4N2/c1-2-4-9-7-10-6-5-8(9)3-1;1-2-5-4-6-3-1/h1-7H;1-4H. The number of fused-ring (bicyclic) bond motifs is 1. The van der Waals surface area contributed by atoms with Crippen LogP contribution in [0.2, 0.25) is 0 Å². The highest BCUT2D eigenvalue weighted by atomic mass is 14.8. The van der Waals surface area contributed by atoms with Crippen LogP contribution in [-0.2, 0) is 0 Å². The van der Waals surface area contributed by atoms with E-state index in [9.17, 15) is 0 Å². The Bertz CT molecular complexity index is 445. The minimum Gasteiger partial charge on any atom is -0.264 e. The SMILES string of the molecule is c1ccc2cnccc2c1.c1cncnc1. The van der Waals surface area contributed by atoms with E-state index in [1.807, 2.05) is 30.6 Å². The summed E-state index contributed by atoms with van der Waals surface area (Å²) in [4.78, 5) is 11.4. The smallest absolute Gasteiger partial charge is 0.115 e. The first-order chi connectivity index (χ1) is 7.97. The van der Waals surface area contributed by atoms with Gasteiger partial charge in [0.05, 0.1) is 0 Å². The van der Waals surface area contributed by atoms with Gasteiger partial charge in [-0.25, -0.2) is 9.97 Å². The maximum atomic E-state index is 4.01. The van der Waals surface area contributed by atoms with E-state index in [2.05, 4.69) is 27.1 Å². The Labute approximate surface area is 93.8 Å². The van der Waals surface area contributed by atoms with E-state index in [0.29, 0.717) is 0 Å². The van der Waals surface area contributed by atoms with Gasteiger partial charge in [-0.05, 0) is 22.9 Å². The van der Waals surface area contributed by atoms with Crippen molar-refractivity contribution in [2.24, 2.45) is 0 Å². The highest BCUT2D eigenvalue weighted by Gasteiger charge is 1.86. The highest BCUT2D eigenvalue weighted by Crippen LogP contribution is 2.09. The molecule has 3 rings (SSSR count). The number of hydrogen-bond donors (Lipinski definition) is 0. The minimum atomic E-state index is 1.20. The van der Waals surface area contributed by atoms with Crippen LogP contribution in [0.1, 0.15) is 0 Å². The van der Waals surface area contributed by atoms with Crippen molar-refractivity contribution in [1.29, 1.82) is 0 Å². The molecule has 0 unspecified atom stereocenters. The van der Waals surface area contributed by atoms with E-state index in [4.69, 9.17) is 0 Å². The summed E-state index contributed by atoms with van der Waals surface area (Å²) >= 11 is 0. The molecule has 1 aromatic carbocycles. The van der Waals surface area contributed by atoms with Crippen molar-refractivity contribution >= 4 is 10.8 Å². The number of nitrogens with zero attached hydrogens (tertiary/aromatic N) is 3. The lowest BCUT2D eigenvalue weighted by atomic mass is 10.2. The zero-order valence-corrected chi connectivity index (χ0v) is 8.69. The molecule has 0 saturated carbocycles. The third-order valence-electron chi connectivity index (χ3n) is 2.03. The zero-order valence-electron chi connectivity index (χ0n) is 8.69. The first kappa shape index (κ1) is 10.2. The monoisotopic (exact) mass is 209 g/mol. The highest BCUT2D eigenvalue weighted by molar-refractivity contribution is 5.80. The summed E-state index contributed by atoms with van der Waals surface area (Å²) in [6, 6.07) is 12.0. The third-order valence-corrected chi connectivity index (χ3v) is 2.03. The van der Waals surface area contributed by atoms with Gasteiger partial charge in [-0.2, -0.15) is 0 Å². The second-order valence-electron chi connectivity index (χ2n) is 3.13. The van der Waals surface area contributed by atoms with Crippen LogP contribution in [0.3, 0.4) is 0 Å². The van der Waals surface area contributed by atoms with Crippen LogP contribution < -0.4 is 0 Å². The summed E-state index contributed by atoms with van der Waals surface area (Å²) in [5.41, 5.74) is 0. The number of rotatable bonds is 0. The Kier molecular flexibility index (Phi) is 3.55. The van der Waals surface area contributed by atoms with Gasteiger partial charge in [-0.15, -0.1) is 0 Å². The topological polar surface area (TPSA) is 38.7 Å². The lowest BCUT2D eigenvalue weighted by Crippen LogP contribution is -1.71. The van der Waals surface area contributed by atoms with Crippen LogP contribution in [0.25, 0.3) is 10.8 Å². The fraction of sp³-hybridized carbons (Fsp3) is 0. The number of pyridine rings is 1. The van der Waals surface area contributed by atoms with Gasteiger partial charge in [0.2, 0.25) is 0 Å². The molecule has 78 valence electrons. The van der Waals surface area contributed by atoms with Crippen molar-refractivity contribution < 1.29 is 0 Å². The van der Waals surface area contributed by atoms with Crippen LogP contribution in [0.5, 0.6) is 0 Å². The molecule has 2 heterocycles. The molecular formula is C13H11N3. The molecule has 3 aromatic rings. The molecule has 0 radical (unpaired) electrons. The van der Waals surface area contributed by atoms with Crippen molar-refractivity contribution in [3.05, 3.63) is 67.5 Å². The first-order valence-corrected chi connectivity index (χ1v) is 4.95. The summed E-state index contributed by atoms with van der Waals surface area (Å²) < 4.78 is 0. The van der Waals surface area contributed by atoms with E-state index < -0.39 is 0 Å². The van der Waals surface area contributed by atoms with E-state index >= 15 is 0 Å². The van der Waals surface area contributed by atoms with Crippen molar-refractivity contribution in [2.75, 3.05) is 0 Å². The zero-order chi connectivity index (χ0) is 11.1. The van der Waals surface area contributed by atoms with Gasteiger partial charge in [0.1, 0.15) is 6.33 Å². The second kappa shape index (κ2) is 5.56. The predicted octanol–water partition coefficient (Wildman–Crippen LogP) is 2.71. The van der Waals surface area contributed by atoms with Gasteiger partial charge in [0, 0.05) is 24.8 Å². The largest absolute Gasteiger partial charge is 0.264 e. The molecule has 16 heavy (non-hydrogen) atoms. The minimum absolute atomic E-state index is 1.20. The molecule has 0 fully saturated rings. The van der Waals surface area contributed by atoms with Crippen LogP contribution >= 0.6 is 0 Å². The van der Waals surface area contributed by atoms with Crippen LogP contribution in [0, 0.1) is 0 Å². The molecule has 0 aliphatic carbocycles. The van der Waals surface area contributed by atoms with Gasteiger partial charge >= 0.3 is 0 Å². The maximum absolute atomic E-state index is 4.01. The molecule has 3 nitrogen and oxygen atoms in total. The molecule has 0 bridgehead atoms. The Morgan fingerprint density at radius 1 is 0.625 bits per heavy atom. The maximum Gasteiger partial charge on any atom is 0.115 e. The molecular weight excluding hydrogens is 198 g/mol. The van der Waals surface area contributed by atoms with Gasteiger partial charge in [-0.1, -0.05) is 24.3 Å². The molecule has 0 aliphatic rings. The average Bonchev–Trinajstić information content (AvgIpc) is 2.42. The van der Waals surface area contributed by atoms with Crippen molar-refractivity contribution in [3.8, 4) is 0 Å². The van der Waals surface area contributed by atoms with Gasteiger partial charge in [0.25, 0.3) is 0 Å². The Hall–Kier alpha value is -2.29. The summed E-state index contributed by atoms with van der Waals surface area (Å²) in [6.07, 6.45) is 8.55. The fourth-order valence-electron chi connectivity index (χ4n) is 1.28. The van der Waals surface area contributed by atoms with Gasteiger partial charge in [0.15, 0.2) is 0 Å². The molecule has 0 saturated heterocycles. The molecule has 0 spiro atoms. The Morgan fingerprint density at radius 2 is 1.38 bits per heavy atom. The van der Waals surface area contributed by atoms with Crippen LogP contribution in [0.15, 0.2) is 67.5 Å². The van der Waals surface area contributed by atoms with E-state index in [-0.39, 0.29) is 0 Å². The summed E-state index contributed by atoms with van der Waals surface area (Å²) in [6.45, 7) is 0. The van der Waals surface area contributed by atoms with E-state index in [0.717, 1.165) is 0 Å². The second-order valence-corrected chi connectivity index (χ2v) is 3.13. The van der Waals surface area contributed by atoms with Crippen molar-refractivity contribution in [3.63, 3.8) is 0 Å². The van der Waals surface area contributed by atoms with Gasteiger partial charge < -0.3 is 0 Å². The molecule has 0 N–H and O–H groups in total. The van der Waals surface area contributed by atoms with Crippen LogP contribution in [-0.4, -0.2) is 15.0 Å². The predicted molar refractivity (Wildman–Crippen MR) is 63.8 cm³/mol. The Balaban J connectivity index is 0.000000138. The molecule has 0 aliphatic heterocycles. The lowest BCUT2D eigenvalue weighted by molar-refractivity contribution is 1.17. The number of hydrogen-bond acceptors (Lipinski definition) is 3. The molecule has 0 atom stereocenters.